The maximum atomic E-state index is 10.4. The first-order valence-electron chi connectivity index (χ1n) is 9.16. The molecule has 0 heterocycles. The highest BCUT2D eigenvalue weighted by atomic mass is 127. The van der Waals surface area contributed by atoms with Crippen molar-refractivity contribution in [3.8, 4) is 17.2 Å². The summed E-state index contributed by atoms with van der Waals surface area (Å²) in [6.45, 7) is 3.47. The van der Waals surface area contributed by atoms with E-state index >= 15 is 0 Å². The van der Waals surface area contributed by atoms with Crippen LogP contribution < -0.4 is 24.8 Å². The van der Waals surface area contributed by atoms with Crippen LogP contribution in [0.3, 0.4) is 0 Å². The first-order chi connectivity index (χ1) is 13.6. The second-order valence-electron chi connectivity index (χ2n) is 6.04. The van der Waals surface area contributed by atoms with E-state index in [9.17, 15) is 5.11 Å². The van der Waals surface area contributed by atoms with Gasteiger partial charge < -0.3 is 30.0 Å². The molecule has 0 fully saturated rings. The quantitative estimate of drug-likeness (QED) is 0.271. The fourth-order valence-corrected chi connectivity index (χ4v) is 2.63. The Hall–Kier alpha value is -2.20. The number of aliphatic hydroxyl groups is 1. The lowest BCUT2D eigenvalue weighted by Crippen LogP contribution is -2.39. The Morgan fingerprint density at radius 3 is 2.21 bits per heavy atom. The molecular formula is C21H30IN3O4. The summed E-state index contributed by atoms with van der Waals surface area (Å²) < 4.78 is 15.8. The molecule has 0 bridgehead atoms. The molecule has 0 saturated heterocycles. The van der Waals surface area contributed by atoms with Gasteiger partial charge >= 0.3 is 0 Å². The average molecular weight is 515 g/mol. The monoisotopic (exact) mass is 515 g/mol. The summed E-state index contributed by atoms with van der Waals surface area (Å²) in [5, 5.41) is 16.8. The molecule has 0 saturated carbocycles. The molecule has 2 rings (SSSR count). The Bertz CT molecular complexity index is 769. The summed E-state index contributed by atoms with van der Waals surface area (Å²) in [6, 6.07) is 13.0. The van der Waals surface area contributed by atoms with Crippen LogP contribution in [0.15, 0.2) is 47.5 Å². The number of halogens is 1. The van der Waals surface area contributed by atoms with Gasteiger partial charge in [0, 0.05) is 24.7 Å². The van der Waals surface area contributed by atoms with E-state index in [-0.39, 0.29) is 24.0 Å². The van der Waals surface area contributed by atoms with Gasteiger partial charge in [-0.05, 0) is 36.8 Å². The van der Waals surface area contributed by atoms with Crippen LogP contribution in [0.4, 0.5) is 0 Å². The van der Waals surface area contributed by atoms with Gasteiger partial charge in [0.2, 0.25) is 0 Å². The summed E-state index contributed by atoms with van der Waals surface area (Å²) in [6.07, 6.45) is -0.662. The SMILES string of the molecule is CCNC(=NCc1ccc(OC)cc1OC)NCC(O)c1ccc(OC)cc1.I. The van der Waals surface area contributed by atoms with E-state index in [1.54, 1.807) is 21.3 Å². The molecular weight excluding hydrogens is 485 g/mol. The minimum absolute atomic E-state index is 0. The third-order valence-corrected chi connectivity index (χ3v) is 4.21. The zero-order chi connectivity index (χ0) is 20.4. The largest absolute Gasteiger partial charge is 0.497 e. The van der Waals surface area contributed by atoms with Crippen LogP contribution in [0.25, 0.3) is 0 Å². The highest BCUT2D eigenvalue weighted by Gasteiger charge is 2.10. The number of aliphatic imine (C=N–C) groups is 1. The topological polar surface area (TPSA) is 84.3 Å². The van der Waals surface area contributed by atoms with Gasteiger partial charge in [0.25, 0.3) is 0 Å². The lowest BCUT2D eigenvalue weighted by atomic mass is 10.1. The van der Waals surface area contributed by atoms with Crippen molar-refractivity contribution in [1.82, 2.24) is 10.6 Å². The number of aliphatic hydroxyl groups excluding tert-OH is 1. The van der Waals surface area contributed by atoms with Gasteiger partial charge in [-0.2, -0.15) is 0 Å². The van der Waals surface area contributed by atoms with Crippen molar-refractivity contribution >= 4 is 29.9 Å². The Kier molecular flexibility index (Phi) is 11.2. The maximum absolute atomic E-state index is 10.4. The van der Waals surface area contributed by atoms with Crippen LogP contribution in [0.5, 0.6) is 17.2 Å². The standard InChI is InChI=1S/C21H29N3O4.HI/c1-5-22-21(23-13-16-8-11-18(27-3)12-20(16)28-4)24-14-19(25)15-6-9-17(26-2)10-7-15;/h6-12,19,25H,5,13-14H2,1-4H3,(H2,22,23,24);1H. The van der Waals surface area contributed by atoms with Crippen LogP contribution in [0, 0.1) is 0 Å². The number of ether oxygens (including phenoxy) is 3. The molecule has 29 heavy (non-hydrogen) atoms. The van der Waals surface area contributed by atoms with Crippen molar-refractivity contribution in [2.75, 3.05) is 34.4 Å². The second kappa shape index (κ2) is 13.1. The smallest absolute Gasteiger partial charge is 0.191 e. The molecule has 3 N–H and O–H groups in total. The van der Waals surface area contributed by atoms with Crippen molar-refractivity contribution in [2.45, 2.75) is 19.6 Å². The fraction of sp³-hybridized carbons (Fsp3) is 0.381. The summed E-state index contributed by atoms with van der Waals surface area (Å²) >= 11 is 0. The first-order valence-corrected chi connectivity index (χ1v) is 9.16. The highest BCUT2D eigenvalue weighted by Crippen LogP contribution is 2.25. The Morgan fingerprint density at radius 1 is 0.966 bits per heavy atom. The molecule has 0 radical (unpaired) electrons. The lowest BCUT2D eigenvalue weighted by Gasteiger charge is -2.16. The van der Waals surface area contributed by atoms with Crippen molar-refractivity contribution in [1.29, 1.82) is 0 Å². The lowest BCUT2D eigenvalue weighted by molar-refractivity contribution is 0.180. The molecule has 2 aromatic rings. The minimum Gasteiger partial charge on any atom is -0.497 e. The molecule has 160 valence electrons. The van der Waals surface area contributed by atoms with E-state index in [1.165, 1.54) is 0 Å². The molecule has 0 aromatic heterocycles. The number of benzene rings is 2. The molecule has 0 aliphatic carbocycles. The van der Waals surface area contributed by atoms with Gasteiger partial charge in [-0.15, -0.1) is 24.0 Å². The van der Waals surface area contributed by atoms with E-state index in [2.05, 4.69) is 15.6 Å². The normalized spacial score (nSPS) is 11.8. The van der Waals surface area contributed by atoms with Crippen molar-refractivity contribution in [2.24, 2.45) is 4.99 Å². The Balaban J connectivity index is 0.00000420. The van der Waals surface area contributed by atoms with Gasteiger partial charge in [-0.1, -0.05) is 12.1 Å². The van der Waals surface area contributed by atoms with Crippen molar-refractivity contribution in [3.63, 3.8) is 0 Å². The molecule has 0 spiro atoms. The molecule has 1 unspecified atom stereocenters. The Morgan fingerprint density at radius 2 is 1.62 bits per heavy atom. The summed E-state index contributed by atoms with van der Waals surface area (Å²) in [7, 11) is 4.86. The van der Waals surface area contributed by atoms with Gasteiger partial charge in [0.1, 0.15) is 17.2 Å². The molecule has 0 aliphatic rings. The number of nitrogens with one attached hydrogen (secondary N) is 2. The molecule has 7 nitrogen and oxygen atoms in total. The summed E-state index contributed by atoms with van der Waals surface area (Å²) in [5.74, 6) is 2.83. The maximum Gasteiger partial charge on any atom is 0.191 e. The fourth-order valence-electron chi connectivity index (χ4n) is 2.63. The molecule has 0 amide bonds. The van der Waals surface area contributed by atoms with E-state index in [0.717, 1.165) is 28.4 Å². The highest BCUT2D eigenvalue weighted by molar-refractivity contribution is 14.0. The Labute approximate surface area is 189 Å². The van der Waals surface area contributed by atoms with E-state index in [0.29, 0.717) is 25.6 Å². The zero-order valence-corrected chi connectivity index (χ0v) is 19.6. The number of nitrogens with zero attached hydrogens (tertiary/aromatic N) is 1. The van der Waals surface area contributed by atoms with Crippen molar-refractivity contribution in [3.05, 3.63) is 53.6 Å². The van der Waals surface area contributed by atoms with E-state index in [4.69, 9.17) is 14.2 Å². The van der Waals surface area contributed by atoms with Crippen LogP contribution >= 0.6 is 24.0 Å². The minimum atomic E-state index is -0.662. The zero-order valence-electron chi connectivity index (χ0n) is 17.3. The van der Waals surface area contributed by atoms with Gasteiger partial charge in [-0.3, -0.25) is 0 Å². The molecule has 8 heteroatoms. The number of methoxy groups -OCH3 is 3. The number of guanidine groups is 1. The third-order valence-electron chi connectivity index (χ3n) is 4.21. The van der Waals surface area contributed by atoms with Crippen LogP contribution in [0.2, 0.25) is 0 Å². The molecule has 0 aliphatic heterocycles. The van der Waals surface area contributed by atoms with E-state index in [1.807, 2.05) is 49.4 Å². The van der Waals surface area contributed by atoms with Gasteiger partial charge in [0.05, 0.1) is 34.0 Å². The van der Waals surface area contributed by atoms with Crippen molar-refractivity contribution < 1.29 is 19.3 Å². The van der Waals surface area contributed by atoms with Gasteiger partial charge in [0.15, 0.2) is 5.96 Å². The third kappa shape index (κ3) is 7.62. The first kappa shape index (κ1) is 24.8. The second-order valence-corrected chi connectivity index (χ2v) is 6.04. The summed E-state index contributed by atoms with van der Waals surface area (Å²) in [4.78, 5) is 4.58. The predicted octanol–water partition coefficient (Wildman–Crippen LogP) is 3.12. The predicted molar refractivity (Wildman–Crippen MR) is 126 cm³/mol. The van der Waals surface area contributed by atoms with Crippen LogP contribution in [-0.4, -0.2) is 45.5 Å². The average Bonchev–Trinajstić information content (AvgIpc) is 2.75. The number of rotatable bonds is 9. The van der Waals surface area contributed by atoms with Gasteiger partial charge in [-0.25, -0.2) is 4.99 Å². The molecule has 1 atom stereocenters. The number of hydrogen-bond acceptors (Lipinski definition) is 5. The summed E-state index contributed by atoms with van der Waals surface area (Å²) in [5.41, 5.74) is 1.75. The van der Waals surface area contributed by atoms with E-state index < -0.39 is 6.10 Å². The number of hydrogen-bond donors (Lipinski definition) is 3. The van der Waals surface area contributed by atoms with Crippen LogP contribution in [-0.2, 0) is 6.54 Å². The van der Waals surface area contributed by atoms with Crippen LogP contribution in [0.1, 0.15) is 24.2 Å². The molecule has 2 aromatic carbocycles.